The minimum Gasteiger partial charge on any atom is -0.316 e. The van der Waals surface area contributed by atoms with Crippen molar-refractivity contribution in [2.45, 2.75) is 39.3 Å². The Kier molecular flexibility index (Phi) is 5.11. The van der Waals surface area contributed by atoms with Crippen LogP contribution in [0.4, 0.5) is 0 Å². The first kappa shape index (κ1) is 16.1. The van der Waals surface area contributed by atoms with Crippen LogP contribution in [0.5, 0.6) is 0 Å². The van der Waals surface area contributed by atoms with E-state index in [9.17, 15) is 8.42 Å². The van der Waals surface area contributed by atoms with Gasteiger partial charge in [0.25, 0.3) is 10.0 Å². The molecule has 0 aliphatic carbocycles. The summed E-state index contributed by atoms with van der Waals surface area (Å²) < 4.78 is 27.1. The van der Waals surface area contributed by atoms with E-state index in [0.717, 1.165) is 0 Å². The molecular formula is C12H24N4O2S. The minimum absolute atomic E-state index is 0.0598. The molecule has 7 heteroatoms. The topological polar surface area (TPSA) is 86.9 Å². The van der Waals surface area contributed by atoms with Crippen molar-refractivity contribution in [2.24, 2.45) is 11.3 Å². The van der Waals surface area contributed by atoms with Crippen LogP contribution in [0.2, 0.25) is 0 Å². The monoisotopic (exact) mass is 288 g/mol. The Bertz CT molecular complexity index is 502. The molecule has 1 aromatic heterocycles. The molecule has 1 rings (SSSR count). The average Bonchev–Trinajstić information content (AvgIpc) is 2.74. The Morgan fingerprint density at radius 1 is 1.42 bits per heavy atom. The van der Waals surface area contributed by atoms with Gasteiger partial charge < -0.3 is 5.32 Å². The van der Waals surface area contributed by atoms with E-state index in [-0.39, 0.29) is 16.4 Å². The Morgan fingerprint density at radius 3 is 2.58 bits per heavy atom. The van der Waals surface area contributed by atoms with Gasteiger partial charge in [0, 0.05) is 18.7 Å². The predicted octanol–water partition coefficient (Wildman–Crippen LogP) is 1.09. The quantitative estimate of drug-likeness (QED) is 0.731. The van der Waals surface area contributed by atoms with Crippen LogP contribution in [0.25, 0.3) is 0 Å². The molecule has 0 aromatic carbocycles. The molecular weight excluding hydrogens is 264 g/mol. The molecule has 6 nitrogen and oxygen atoms in total. The summed E-state index contributed by atoms with van der Waals surface area (Å²) >= 11 is 0. The van der Waals surface area contributed by atoms with Crippen molar-refractivity contribution in [3.8, 4) is 0 Å². The Hall–Kier alpha value is -0.920. The largest absolute Gasteiger partial charge is 0.316 e. The summed E-state index contributed by atoms with van der Waals surface area (Å²) in [4.78, 5) is 0. The summed E-state index contributed by atoms with van der Waals surface area (Å²) in [5.74, 6) is 0.234. The van der Waals surface area contributed by atoms with E-state index in [2.05, 4.69) is 41.0 Å². The lowest BCUT2D eigenvalue weighted by Crippen LogP contribution is -2.34. The Morgan fingerprint density at radius 2 is 2.05 bits per heavy atom. The van der Waals surface area contributed by atoms with Crippen LogP contribution in [-0.2, 0) is 16.6 Å². The van der Waals surface area contributed by atoms with Gasteiger partial charge in [-0.15, -0.1) is 0 Å². The van der Waals surface area contributed by atoms with Gasteiger partial charge in [-0.2, -0.15) is 5.10 Å². The highest BCUT2D eigenvalue weighted by Gasteiger charge is 2.25. The number of H-pyrrole nitrogens is 1. The maximum Gasteiger partial charge on any atom is 0.257 e. The fraction of sp³-hybridized carbons (Fsp3) is 0.750. The number of nitrogens with zero attached hydrogens (tertiary/aromatic N) is 1. The van der Waals surface area contributed by atoms with Crippen molar-refractivity contribution in [3.05, 3.63) is 11.8 Å². The summed E-state index contributed by atoms with van der Waals surface area (Å²) in [6, 6.07) is 0. The van der Waals surface area contributed by atoms with Gasteiger partial charge in [0.1, 0.15) is 0 Å². The van der Waals surface area contributed by atoms with E-state index >= 15 is 0 Å². The highest BCUT2D eigenvalue weighted by molar-refractivity contribution is 7.89. The lowest BCUT2D eigenvalue weighted by Gasteiger charge is -2.27. The van der Waals surface area contributed by atoms with Crippen LogP contribution in [0, 0.1) is 11.3 Å². The summed E-state index contributed by atoms with van der Waals surface area (Å²) in [5, 5.41) is 9.41. The normalized spacial score (nSPS) is 14.6. The van der Waals surface area contributed by atoms with Crippen LogP contribution in [0.3, 0.4) is 0 Å². The van der Waals surface area contributed by atoms with Crippen LogP contribution >= 0.6 is 0 Å². The molecule has 0 bridgehead atoms. The van der Waals surface area contributed by atoms with Crippen molar-refractivity contribution in [1.29, 1.82) is 0 Å². The molecule has 3 N–H and O–H groups in total. The van der Waals surface area contributed by atoms with Crippen molar-refractivity contribution >= 4 is 10.0 Å². The van der Waals surface area contributed by atoms with Crippen LogP contribution in [0.15, 0.2) is 11.2 Å². The maximum absolute atomic E-state index is 12.2. The minimum atomic E-state index is -3.53. The number of aromatic nitrogens is 2. The van der Waals surface area contributed by atoms with E-state index in [0.29, 0.717) is 18.7 Å². The fourth-order valence-corrected chi connectivity index (χ4v) is 2.72. The number of nitrogens with one attached hydrogen (secondary N) is 3. The smallest absolute Gasteiger partial charge is 0.257 e. The van der Waals surface area contributed by atoms with Crippen molar-refractivity contribution < 1.29 is 8.42 Å². The first-order valence-corrected chi connectivity index (χ1v) is 7.83. The molecule has 1 aromatic rings. The van der Waals surface area contributed by atoms with E-state index in [1.54, 1.807) is 7.05 Å². The molecule has 0 aliphatic heterocycles. The standard InChI is InChI=1S/C12H24N4O2S/c1-9(12(2,3)4)6-15-19(17,18)11-10(7-13-5)8-14-16-11/h8-9,13,15H,6-7H2,1-5H3,(H,14,16). The molecule has 0 saturated carbocycles. The average molecular weight is 288 g/mol. The van der Waals surface area contributed by atoms with Crippen LogP contribution in [0.1, 0.15) is 33.3 Å². The first-order valence-electron chi connectivity index (χ1n) is 6.35. The second-order valence-electron chi connectivity index (χ2n) is 5.87. The zero-order valence-corrected chi connectivity index (χ0v) is 13.1. The zero-order valence-electron chi connectivity index (χ0n) is 12.2. The number of sulfonamides is 1. The lowest BCUT2D eigenvalue weighted by atomic mass is 9.82. The molecule has 0 aliphatic rings. The molecule has 1 atom stereocenters. The molecule has 110 valence electrons. The first-order chi connectivity index (χ1) is 8.68. The van der Waals surface area contributed by atoms with Crippen LogP contribution in [-0.4, -0.2) is 32.2 Å². The molecule has 0 spiro atoms. The van der Waals surface area contributed by atoms with Crippen LogP contribution < -0.4 is 10.0 Å². The van der Waals surface area contributed by atoms with Gasteiger partial charge in [-0.1, -0.05) is 27.7 Å². The Balaban J connectivity index is 2.79. The van der Waals surface area contributed by atoms with Gasteiger partial charge in [0.05, 0.1) is 6.20 Å². The number of rotatable bonds is 6. The third kappa shape index (κ3) is 4.29. The van der Waals surface area contributed by atoms with E-state index in [4.69, 9.17) is 0 Å². The van der Waals surface area contributed by atoms with Gasteiger partial charge in [-0.25, -0.2) is 13.1 Å². The fourth-order valence-electron chi connectivity index (χ4n) is 1.46. The van der Waals surface area contributed by atoms with Gasteiger partial charge >= 0.3 is 0 Å². The van der Waals surface area contributed by atoms with Gasteiger partial charge in [-0.05, 0) is 18.4 Å². The lowest BCUT2D eigenvalue weighted by molar-refractivity contribution is 0.263. The molecule has 1 unspecified atom stereocenters. The van der Waals surface area contributed by atoms with Crippen molar-refractivity contribution in [1.82, 2.24) is 20.2 Å². The summed E-state index contributed by atoms with van der Waals surface area (Å²) in [6.45, 7) is 9.17. The molecule has 0 fully saturated rings. The zero-order chi connectivity index (χ0) is 14.7. The highest BCUT2D eigenvalue weighted by atomic mass is 32.2. The Labute approximate surface area is 115 Å². The second kappa shape index (κ2) is 6.02. The molecule has 19 heavy (non-hydrogen) atoms. The molecule has 0 saturated heterocycles. The predicted molar refractivity (Wildman–Crippen MR) is 75.2 cm³/mol. The number of hydrogen-bond acceptors (Lipinski definition) is 4. The summed E-state index contributed by atoms with van der Waals surface area (Å²) in [6.07, 6.45) is 1.53. The van der Waals surface area contributed by atoms with E-state index in [1.807, 2.05) is 6.92 Å². The SMILES string of the molecule is CNCc1cn[nH]c1S(=O)(=O)NCC(C)C(C)(C)C. The molecule has 0 radical (unpaired) electrons. The highest BCUT2D eigenvalue weighted by Crippen LogP contribution is 2.25. The van der Waals surface area contributed by atoms with Crippen molar-refractivity contribution in [2.75, 3.05) is 13.6 Å². The third-order valence-corrected chi connectivity index (χ3v) is 4.81. The molecule has 0 amide bonds. The number of hydrogen-bond donors (Lipinski definition) is 3. The maximum atomic E-state index is 12.2. The second-order valence-corrected chi connectivity index (χ2v) is 7.58. The third-order valence-electron chi connectivity index (χ3n) is 3.37. The summed E-state index contributed by atoms with van der Waals surface area (Å²) in [5.41, 5.74) is 0.697. The van der Waals surface area contributed by atoms with Crippen molar-refractivity contribution in [3.63, 3.8) is 0 Å². The van der Waals surface area contributed by atoms with Gasteiger partial charge in [0.15, 0.2) is 5.03 Å². The molecule has 1 heterocycles. The van der Waals surface area contributed by atoms with Gasteiger partial charge in [0.2, 0.25) is 0 Å². The van der Waals surface area contributed by atoms with E-state index in [1.165, 1.54) is 6.20 Å². The van der Waals surface area contributed by atoms with Gasteiger partial charge in [-0.3, -0.25) is 5.10 Å². The van der Waals surface area contributed by atoms with E-state index < -0.39 is 10.0 Å². The summed E-state index contributed by atoms with van der Waals surface area (Å²) in [7, 11) is -1.77. The number of aromatic amines is 1.